The molecule has 1 unspecified atom stereocenters. The minimum atomic E-state index is 0. The second-order valence-corrected chi connectivity index (χ2v) is 6.26. The molecule has 0 radical (unpaired) electrons. The average molecular weight is 428 g/mol. The summed E-state index contributed by atoms with van der Waals surface area (Å²) in [5.74, 6) is 0. The van der Waals surface area contributed by atoms with Crippen LogP contribution < -0.4 is 0 Å². The number of hydrogen-bond acceptors (Lipinski definition) is 6. The number of nitrogens with zero attached hydrogens (tertiary/aromatic N) is 6. The summed E-state index contributed by atoms with van der Waals surface area (Å²) in [5.41, 5.74) is 0.695. The van der Waals surface area contributed by atoms with E-state index in [9.17, 15) is 10.4 Å². The van der Waals surface area contributed by atoms with Gasteiger partial charge in [-0.15, -0.1) is 13.1 Å². The zero-order valence-electron chi connectivity index (χ0n) is 16.0. The van der Waals surface area contributed by atoms with Gasteiger partial charge in [-0.2, -0.15) is 18.2 Å². The van der Waals surface area contributed by atoms with Crippen molar-refractivity contribution in [1.29, 1.82) is 0 Å². The van der Waals surface area contributed by atoms with Crippen molar-refractivity contribution in [3.8, 4) is 0 Å². The van der Waals surface area contributed by atoms with Crippen LogP contribution >= 0.6 is 0 Å². The maximum atomic E-state index is 9.69. The number of aliphatic imine (C=N–C) groups is 2. The van der Waals surface area contributed by atoms with E-state index in [1.54, 1.807) is 6.21 Å². The van der Waals surface area contributed by atoms with E-state index in [1.807, 2.05) is 24.4 Å². The van der Waals surface area contributed by atoms with Crippen molar-refractivity contribution in [3.63, 3.8) is 0 Å². The predicted molar refractivity (Wildman–Crippen MR) is 105 cm³/mol. The minimum absolute atomic E-state index is 0. The summed E-state index contributed by atoms with van der Waals surface area (Å²) < 4.78 is 0. The van der Waals surface area contributed by atoms with Gasteiger partial charge in [0, 0.05) is 32.1 Å². The van der Waals surface area contributed by atoms with Crippen LogP contribution in [0.5, 0.6) is 0 Å². The van der Waals surface area contributed by atoms with E-state index < -0.39 is 0 Å². The monoisotopic (exact) mass is 426 g/mol. The number of hydroxylamine groups is 4. The number of rotatable bonds is 11. The van der Waals surface area contributed by atoms with Gasteiger partial charge in [-0.3, -0.25) is 20.3 Å². The molecule has 0 aromatic rings. The molecular weight excluding hydrogens is 398 g/mol. The van der Waals surface area contributed by atoms with Gasteiger partial charge in [0.2, 0.25) is 0 Å². The van der Waals surface area contributed by atoms with Crippen LogP contribution in [0.15, 0.2) is 33.9 Å². The maximum absolute atomic E-state index is 9.69. The van der Waals surface area contributed by atoms with Crippen LogP contribution in [0.1, 0.15) is 19.3 Å². The number of hydrogen-bond donors (Lipinski definition) is 2. The summed E-state index contributed by atoms with van der Waals surface area (Å²) in [4.78, 5) is 8.61. The van der Waals surface area contributed by atoms with Gasteiger partial charge in [0.15, 0.2) is 0 Å². The first-order chi connectivity index (χ1) is 12.8. The Kier molecular flexibility index (Phi) is 13.4. The SMILES string of the molecule is ON1CC=CC=C1C=NCC[N-]CC[N-]CCN=CC1CCCCN1O.[Zn+2]. The Morgan fingerprint density at radius 2 is 1.81 bits per heavy atom. The van der Waals surface area contributed by atoms with E-state index >= 15 is 0 Å². The molecule has 9 heteroatoms. The van der Waals surface area contributed by atoms with E-state index in [4.69, 9.17) is 0 Å². The summed E-state index contributed by atoms with van der Waals surface area (Å²) in [5, 5.41) is 30.6. The van der Waals surface area contributed by atoms with Crippen LogP contribution in [-0.2, 0) is 19.5 Å². The van der Waals surface area contributed by atoms with Gasteiger partial charge >= 0.3 is 19.5 Å². The first kappa shape index (κ1) is 24.1. The fourth-order valence-corrected chi connectivity index (χ4v) is 2.70. The van der Waals surface area contributed by atoms with E-state index in [1.165, 1.54) is 5.06 Å². The van der Waals surface area contributed by atoms with Gasteiger partial charge in [0.1, 0.15) is 0 Å². The number of allylic oxidation sites excluding steroid dienone is 3. The van der Waals surface area contributed by atoms with Crippen molar-refractivity contribution in [3.05, 3.63) is 34.6 Å². The summed E-state index contributed by atoms with van der Waals surface area (Å²) in [6.07, 6.45) is 12.3. The van der Waals surface area contributed by atoms with Gasteiger partial charge in [0.25, 0.3) is 0 Å². The molecule has 8 nitrogen and oxygen atoms in total. The van der Waals surface area contributed by atoms with Gasteiger partial charge in [0.05, 0.1) is 18.3 Å². The first-order valence-corrected chi connectivity index (χ1v) is 9.32. The maximum Gasteiger partial charge on any atom is 2.00 e. The molecule has 0 bridgehead atoms. The van der Waals surface area contributed by atoms with Gasteiger partial charge in [-0.25, -0.2) is 0 Å². The first-order valence-electron chi connectivity index (χ1n) is 9.32. The normalized spacial score (nSPS) is 21.0. The third-order valence-corrected chi connectivity index (χ3v) is 4.19. The van der Waals surface area contributed by atoms with Crippen molar-refractivity contribution < 1.29 is 29.9 Å². The van der Waals surface area contributed by atoms with E-state index in [-0.39, 0.29) is 25.5 Å². The van der Waals surface area contributed by atoms with E-state index in [0.717, 1.165) is 30.9 Å². The third-order valence-electron chi connectivity index (χ3n) is 4.19. The second-order valence-electron chi connectivity index (χ2n) is 6.26. The standard InChI is InChI=1S/C18H30N6O2.Zn/c25-23-13-3-1-5-17(23)15-21-11-9-19-7-8-20-10-12-22-16-18-6-2-4-14-24(18)26;/h1,3,5,15-16,18,25-26H,2,4,6-14H2;/q-2;+2. The summed E-state index contributed by atoms with van der Waals surface area (Å²) in [6.45, 7) is 5.25. The third kappa shape index (κ3) is 10.2. The molecule has 0 aliphatic carbocycles. The van der Waals surface area contributed by atoms with Crippen molar-refractivity contribution in [2.75, 3.05) is 52.4 Å². The Labute approximate surface area is 174 Å². The van der Waals surface area contributed by atoms with Crippen molar-refractivity contribution in [2.24, 2.45) is 9.98 Å². The molecule has 0 aromatic carbocycles. The summed E-state index contributed by atoms with van der Waals surface area (Å²) in [6, 6.07) is 0.0672. The second kappa shape index (κ2) is 15.0. The average Bonchev–Trinajstić information content (AvgIpc) is 2.65. The molecule has 146 valence electrons. The van der Waals surface area contributed by atoms with Crippen molar-refractivity contribution >= 4 is 12.4 Å². The quantitative estimate of drug-likeness (QED) is 0.300. The topological polar surface area (TPSA) is 99.9 Å². The molecule has 2 aliphatic rings. The Morgan fingerprint density at radius 3 is 2.52 bits per heavy atom. The molecule has 0 amide bonds. The molecule has 1 atom stereocenters. The predicted octanol–water partition coefficient (Wildman–Crippen LogP) is 2.26. The van der Waals surface area contributed by atoms with Crippen LogP contribution in [0.3, 0.4) is 0 Å². The molecule has 2 aliphatic heterocycles. The zero-order chi connectivity index (χ0) is 18.5. The molecular formula is C18H30N6O2Zn. The van der Waals surface area contributed by atoms with E-state index in [0.29, 0.717) is 51.5 Å². The summed E-state index contributed by atoms with van der Waals surface area (Å²) in [7, 11) is 0. The number of piperidine rings is 1. The Hall–Kier alpha value is -0.957. The van der Waals surface area contributed by atoms with Crippen LogP contribution in [0.2, 0.25) is 0 Å². The molecule has 1 fully saturated rings. The Morgan fingerprint density at radius 1 is 1.07 bits per heavy atom. The Bertz CT molecular complexity index is 512. The molecule has 0 aromatic heterocycles. The van der Waals surface area contributed by atoms with Crippen LogP contribution in [-0.4, -0.2) is 91.4 Å². The van der Waals surface area contributed by atoms with Gasteiger partial charge in [-0.1, -0.05) is 18.6 Å². The van der Waals surface area contributed by atoms with Crippen LogP contribution in [0, 0.1) is 0 Å². The molecule has 27 heavy (non-hydrogen) atoms. The molecule has 0 saturated carbocycles. The van der Waals surface area contributed by atoms with Crippen LogP contribution in [0.25, 0.3) is 10.6 Å². The Balaban J connectivity index is 0.00000364. The molecule has 2 N–H and O–H groups in total. The molecule has 1 saturated heterocycles. The smallest absolute Gasteiger partial charge is 0.662 e. The van der Waals surface area contributed by atoms with Gasteiger partial charge in [-0.05, 0) is 18.9 Å². The zero-order valence-corrected chi connectivity index (χ0v) is 19.0. The molecule has 2 heterocycles. The van der Waals surface area contributed by atoms with Crippen LogP contribution in [0.4, 0.5) is 0 Å². The molecule has 2 rings (SSSR count). The van der Waals surface area contributed by atoms with Crippen molar-refractivity contribution in [1.82, 2.24) is 10.1 Å². The van der Waals surface area contributed by atoms with Gasteiger partial charge < -0.3 is 15.8 Å². The summed E-state index contributed by atoms with van der Waals surface area (Å²) >= 11 is 0. The fraction of sp³-hybridized carbons (Fsp3) is 0.667. The largest absolute Gasteiger partial charge is 2.00 e. The fourth-order valence-electron chi connectivity index (χ4n) is 2.70. The minimum Gasteiger partial charge on any atom is -0.662 e. The molecule has 0 spiro atoms. The van der Waals surface area contributed by atoms with E-state index in [2.05, 4.69) is 20.6 Å². The van der Waals surface area contributed by atoms with Crippen molar-refractivity contribution in [2.45, 2.75) is 25.3 Å².